The number of tetrazole rings is 1. The lowest BCUT2D eigenvalue weighted by Gasteiger charge is -2.31. The normalized spacial score (nSPS) is 14.6. The molecule has 39 heavy (non-hydrogen) atoms. The molecule has 0 aliphatic carbocycles. The highest BCUT2D eigenvalue weighted by Crippen LogP contribution is 2.23. The minimum Gasteiger partial charge on any atom is -0.460 e. The Bertz CT molecular complexity index is 1390. The third-order valence-corrected chi connectivity index (χ3v) is 6.63. The van der Waals surface area contributed by atoms with E-state index in [-0.39, 0.29) is 31.3 Å². The van der Waals surface area contributed by atoms with Crippen LogP contribution in [0.25, 0.3) is 22.6 Å². The Balaban J connectivity index is 2.09. The van der Waals surface area contributed by atoms with E-state index in [0.29, 0.717) is 17.5 Å². The van der Waals surface area contributed by atoms with Gasteiger partial charge in [-0.1, -0.05) is 13.8 Å². The first kappa shape index (κ1) is 29.8. The standard InChI is InChI=1S/C26H36N6O7/c1-8-19(35)12-37-13-23(39-18(6)34)16(4)22(38-17(5)33)11-32-21-10-15(3)14(2)9-20(21)27-24(26(32)36)25-28-29-30-31(25)7/h9-10,16,19,22-23,35H,8,11-13H2,1-7H3/t16-,19?,22-,23+/m0/s1. The van der Waals surface area contributed by atoms with E-state index in [1.54, 1.807) is 14.0 Å². The van der Waals surface area contributed by atoms with Gasteiger partial charge in [-0.15, -0.1) is 5.10 Å². The summed E-state index contributed by atoms with van der Waals surface area (Å²) in [5.41, 5.74) is 2.58. The predicted octanol–water partition coefficient (Wildman–Crippen LogP) is 1.49. The summed E-state index contributed by atoms with van der Waals surface area (Å²) in [5.74, 6) is -1.50. The lowest BCUT2D eigenvalue weighted by Crippen LogP contribution is -2.42. The van der Waals surface area contributed by atoms with Crippen LogP contribution in [0.1, 0.15) is 45.2 Å². The number of nitrogens with zero attached hydrogens (tertiary/aromatic N) is 6. The lowest BCUT2D eigenvalue weighted by atomic mass is 9.97. The molecule has 0 spiro atoms. The molecule has 0 saturated carbocycles. The van der Waals surface area contributed by atoms with E-state index in [0.717, 1.165) is 11.1 Å². The molecule has 0 radical (unpaired) electrons. The Labute approximate surface area is 226 Å². The average Bonchev–Trinajstić information content (AvgIpc) is 3.29. The zero-order chi connectivity index (χ0) is 28.9. The van der Waals surface area contributed by atoms with Gasteiger partial charge in [-0.3, -0.25) is 14.4 Å². The van der Waals surface area contributed by atoms with Gasteiger partial charge in [-0.25, -0.2) is 9.67 Å². The number of carbonyl (C=O) groups excluding carboxylic acids is 2. The zero-order valence-electron chi connectivity index (χ0n) is 23.4. The molecule has 212 valence electrons. The fourth-order valence-electron chi connectivity index (χ4n) is 4.14. The highest BCUT2D eigenvalue weighted by Gasteiger charge is 2.32. The van der Waals surface area contributed by atoms with Crippen LogP contribution in [0.4, 0.5) is 0 Å². The summed E-state index contributed by atoms with van der Waals surface area (Å²) >= 11 is 0. The van der Waals surface area contributed by atoms with Gasteiger partial charge in [0, 0.05) is 26.8 Å². The quantitative estimate of drug-likeness (QED) is 0.329. The second kappa shape index (κ2) is 12.9. The molecule has 0 aliphatic heterocycles. The molecule has 0 fully saturated rings. The van der Waals surface area contributed by atoms with Gasteiger partial charge in [0.15, 0.2) is 5.69 Å². The topological polar surface area (TPSA) is 161 Å². The van der Waals surface area contributed by atoms with E-state index >= 15 is 0 Å². The maximum atomic E-state index is 13.8. The summed E-state index contributed by atoms with van der Waals surface area (Å²) < 4.78 is 19.6. The van der Waals surface area contributed by atoms with E-state index in [1.165, 1.54) is 23.1 Å². The van der Waals surface area contributed by atoms with E-state index in [1.807, 2.05) is 32.9 Å². The van der Waals surface area contributed by atoms with E-state index in [4.69, 9.17) is 14.2 Å². The number of fused-ring (bicyclic) bond motifs is 1. The Morgan fingerprint density at radius 2 is 1.69 bits per heavy atom. The molecule has 13 nitrogen and oxygen atoms in total. The Morgan fingerprint density at radius 1 is 1.05 bits per heavy atom. The van der Waals surface area contributed by atoms with Crippen LogP contribution >= 0.6 is 0 Å². The number of benzene rings is 1. The number of ether oxygens (including phenoxy) is 3. The number of aryl methyl sites for hydroxylation is 3. The Morgan fingerprint density at radius 3 is 2.28 bits per heavy atom. The van der Waals surface area contributed by atoms with Crippen LogP contribution < -0.4 is 5.56 Å². The fraction of sp³-hybridized carbons (Fsp3) is 0.577. The third-order valence-electron chi connectivity index (χ3n) is 6.63. The van der Waals surface area contributed by atoms with Crippen molar-refractivity contribution in [3.05, 3.63) is 33.6 Å². The molecular formula is C26H36N6O7. The summed E-state index contributed by atoms with van der Waals surface area (Å²) in [5, 5.41) is 21.3. The summed E-state index contributed by atoms with van der Waals surface area (Å²) in [6.45, 7) is 9.95. The van der Waals surface area contributed by atoms with Crippen LogP contribution in [0.2, 0.25) is 0 Å². The lowest BCUT2D eigenvalue weighted by molar-refractivity contribution is -0.163. The van der Waals surface area contributed by atoms with Crippen LogP contribution in [0.15, 0.2) is 16.9 Å². The molecule has 1 aromatic carbocycles. The van der Waals surface area contributed by atoms with Gasteiger partial charge >= 0.3 is 11.9 Å². The smallest absolute Gasteiger partial charge is 0.302 e. The number of esters is 2. The van der Waals surface area contributed by atoms with Gasteiger partial charge in [-0.05, 0) is 54.0 Å². The molecule has 3 aromatic rings. The minimum atomic E-state index is -0.887. The molecule has 0 aliphatic rings. The number of carbonyl (C=O) groups is 2. The van der Waals surface area contributed by atoms with Crippen molar-refractivity contribution < 1.29 is 28.9 Å². The van der Waals surface area contributed by atoms with Gasteiger partial charge in [0.05, 0.1) is 36.9 Å². The first-order chi connectivity index (χ1) is 18.4. The predicted molar refractivity (Wildman–Crippen MR) is 141 cm³/mol. The van der Waals surface area contributed by atoms with E-state index in [9.17, 15) is 19.5 Å². The monoisotopic (exact) mass is 544 g/mol. The highest BCUT2D eigenvalue weighted by atomic mass is 16.6. The summed E-state index contributed by atoms with van der Waals surface area (Å²) in [6, 6.07) is 3.72. The summed E-state index contributed by atoms with van der Waals surface area (Å²) in [6.07, 6.45) is -1.86. The molecule has 1 unspecified atom stereocenters. The molecule has 0 amide bonds. The largest absolute Gasteiger partial charge is 0.460 e. The molecule has 2 heterocycles. The van der Waals surface area contributed by atoms with Crippen LogP contribution in [-0.2, 0) is 37.4 Å². The summed E-state index contributed by atoms with van der Waals surface area (Å²) in [7, 11) is 1.61. The molecule has 2 aromatic heterocycles. The van der Waals surface area contributed by atoms with Gasteiger partial charge in [0.2, 0.25) is 5.82 Å². The Kier molecular flexibility index (Phi) is 9.86. The van der Waals surface area contributed by atoms with Crippen molar-refractivity contribution in [2.75, 3.05) is 13.2 Å². The second-order valence-electron chi connectivity index (χ2n) is 9.68. The van der Waals surface area contributed by atoms with Gasteiger partial charge in [0.1, 0.15) is 12.2 Å². The first-order valence-electron chi connectivity index (χ1n) is 12.8. The number of aliphatic hydroxyl groups excluding tert-OH is 1. The van der Waals surface area contributed by atoms with Crippen molar-refractivity contribution in [2.45, 2.75) is 72.8 Å². The zero-order valence-corrected chi connectivity index (χ0v) is 23.4. The van der Waals surface area contributed by atoms with Crippen molar-refractivity contribution in [1.29, 1.82) is 0 Å². The van der Waals surface area contributed by atoms with Crippen LogP contribution in [0.5, 0.6) is 0 Å². The SMILES string of the molecule is CCC(O)COC[C@@H](OC(C)=O)[C@@H](C)[C@H](Cn1c(=O)c(-c2nnnn2C)nc2cc(C)c(C)cc21)OC(C)=O. The molecule has 3 rings (SSSR count). The van der Waals surface area contributed by atoms with Crippen molar-refractivity contribution >= 4 is 23.0 Å². The van der Waals surface area contributed by atoms with Gasteiger partial charge in [0.25, 0.3) is 5.56 Å². The van der Waals surface area contributed by atoms with Crippen molar-refractivity contribution in [3.63, 3.8) is 0 Å². The van der Waals surface area contributed by atoms with Crippen molar-refractivity contribution in [1.82, 2.24) is 29.8 Å². The highest BCUT2D eigenvalue weighted by molar-refractivity contribution is 5.79. The van der Waals surface area contributed by atoms with Crippen LogP contribution in [0, 0.1) is 19.8 Å². The molecule has 4 atom stereocenters. The fourth-order valence-corrected chi connectivity index (χ4v) is 4.14. The number of hydrogen-bond acceptors (Lipinski definition) is 11. The van der Waals surface area contributed by atoms with Crippen molar-refractivity contribution in [3.8, 4) is 11.5 Å². The summed E-state index contributed by atoms with van der Waals surface area (Å²) in [4.78, 5) is 42.4. The molecule has 13 heteroatoms. The third kappa shape index (κ3) is 7.24. The maximum absolute atomic E-state index is 13.8. The Hall–Kier alpha value is -3.71. The second-order valence-corrected chi connectivity index (χ2v) is 9.68. The van der Waals surface area contributed by atoms with Crippen molar-refractivity contribution in [2.24, 2.45) is 13.0 Å². The number of hydrogen-bond donors (Lipinski definition) is 1. The molecule has 0 saturated heterocycles. The first-order valence-corrected chi connectivity index (χ1v) is 12.8. The van der Waals surface area contributed by atoms with Crippen LogP contribution in [-0.4, -0.2) is 78.3 Å². The van der Waals surface area contributed by atoms with Gasteiger partial charge < -0.3 is 23.9 Å². The number of aromatic nitrogens is 6. The molecule has 1 N–H and O–H groups in total. The average molecular weight is 545 g/mol. The minimum absolute atomic E-state index is 0.0320. The van der Waals surface area contributed by atoms with Crippen LogP contribution in [0.3, 0.4) is 0 Å². The maximum Gasteiger partial charge on any atom is 0.302 e. The number of rotatable bonds is 12. The van der Waals surface area contributed by atoms with Gasteiger partial charge in [-0.2, -0.15) is 0 Å². The number of aliphatic hydroxyl groups is 1. The van der Waals surface area contributed by atoms with E-state index in [2.05, 4.69) is 20.5 Å². The van der Waals surface area contributed by atoms with E-state index < -0.39 is 41.7 Å². The molecular weight excluding hydrogens is 508 g/mol. The molecule has 0 bridgehead atoms.